The molecule has 3 N–H and O–H groups in total. The minimum atomic E-state index is -0.196. The zero-order valence-corrected chi connectivity index (χ0v) is 13.1. The van der Waals surface area contributed by atoms with Crippen molar-refractivity contribution in [1.29, 1.82) is 0 Å². The molecular weight excluding hydrogens is 298 g/mol. The van der Waals surface area contributed by atoms with E-state index in [0.29, 0.717) is 0 Å². The van der Waals surface area contributed by atoms with Crippen molar-refractivity contribution < 1.29 is 4.79 Å². The largest absolute Gasteiger partial charge is 0.358 e. The van der Waals surface area contributed by atoms with Crippen molar-refractivity contribution >= 4 is 33.3 Å². The van der Waals surface area contributed by atoms with Crippen LogP contribution in [0.15, 0.2) is 6.33 Å². The maximum Gasteiger partial charge on any atom is 0.242 e. The molecule has 0 spiro atoms. The Hall–Kier alpha value is -1.73. The zero-order valence-electron chi connectivity index (χ0n) is 12.3. The van der Waals surface area contributed by atoms with Crippen LogP contribution in [0.25, 0.3) is 10.2 Å². The van der Waals surface area contributed by atoms with Crippen molar-refractivity contribution in [2.45, 2.75) is 38.3 Å². The number of amides is 1. The van der Waals surface area contributed by atoms with Gasteiger partial charge in [-0.2, -0.15) is 0 Å². The fourth-order valence-corrected chi connectivity index (χ4v) is 4.37. The van der Waals surface area contributed by atoms with Gasteiger partial charge in [0.25, 0.3) is 0 Å². The number of nitrogens with one attached hydrogen (secondary N) is 3. The normalized spacial score (nSPS) is 22.0. The van der Waals surface area contributed by atoms with Gasteiger partial charge in [0.05, 0.1) is 5.39 Å². The first-order chi connectivity index (χ1) is 10.8. The van der Waals surface area contributed by atoms with Crippen molar-refractivity contribution in [3.05, 3.63) is 16.8 Å². The number of rotatable bonds is 2. The lowest BCUT2D eigenvalue weighted by Gasteiger charge is -2.18. The second-order valence-electron chi connectivity index (χ2n) is 5.82. The molecule has 0 saturated carbocycles. The smallest absolute Gasteiger partial charge is 0.242 e. The van der Waals surface area contributed by atoms with E-state index in [-0.39, 0.29) is 11.9 Å². The Morgan fingerprint density at radius 3 is 3.18 bits per heavy atom. The van der Waals surface area contributed by atoms with Crippen LogP contribution >= 0.6 is 11.3 Å². The van der Waals surface area contributed by atoms with Crippen LogP contribution in [-0.4, -0.2) is 35.0 Å². The van der Waals surface area contributed by atoms with E-state index in [9.17, 15) is 4.79 Å². The van der Waals surface area contributed by atoms with Gasteiger partial charge >= 0.3 is 0 Å². The number of hydrogen-bond acceptors (Lipinski definition) is 6. The molecule has 6 nitrogen and oxygen atoms in total. The van der Waals surface area contributed by atoms with E-state index in [1.165, 1.54) is 10.4 Å². The molecule has 116 valence electrons. The van der Waals surface area contributed by atoms with Crippen LogP contribution in [0.4, 0.5) is 5.82 Å². The molecule has 2 aliphatic heterocycles. The molecule has 0 aliphatic carbocycles. The standard InChI is InChI=1S/C15H19N5OS/c21-14-10(3-1-2-5-17-14)20-13-12-9-4-6-16-7-11(9)22-15(12)19-8-18-13/h8,10,16H,1-7H2,(H,17,21)(H,18,19,20)/t10-/m1/s1. The van der Waals surface area contributed by atoms with Crippen molar-refractivity contribution in [3.8, 4) is 0 Å². The molecule has 0 bridgehead atoms. The van der Waals surface area contributed by atoms with E-state index in [1.807, 2.05) is 0 Å². The molecule has 0 radical (unpaired) electrons. The van der Waals surface area contributed by atoms with E-state index < -0.39 is 0 Å². The lowest BCUT2D eigenvalue weighted by Crippen LogP contribution is -2.38. The van der Waals surface area contributed by atoms with Crippen LogP contribution in [0, 0.1) is 0 Å². The van der Waals surface area contributed by atoms with Crippen molar-refractivity contribution in [2.75, 3.05) is 18.4 Å². The van der Waals surface area contributed by atoms with E-state index in [1.54, 1.807) is 17.7 Å². The van der Waals surface area contributed by atoms with Gasteiger partial charge in [-0.05, 0) is 37.8 Å². The number of aromatic nitrogens is 2. The summed E-state index contributed by atoms with van der Waals surface area (Å²) in [7, 11) is 0. The molecule has 22 heavy (non-hydrogen) atoms. The molecule has 2 aromatic heterocycles. The Bertz CT molecular complexity index is 713. The molecular formula is C15H19N5OS. The molecule has 2 aliphatic rings. The van der Waals surface area contributed by atoms with Gasteiger partial charge in [0.1, 0.15) is 23.0 Å². The lowest BCUT2D eigenvalue weighted by molar-refractivity contribution is -0.121. The van der Waals surface area contributed by atoms with Crippen LogP contribution in [-0.2, 0) is 17.8 Å². The van der Waals surface area contributed by atoms with Gasteiger partial charge in [-0.15, -0.1) is 11.3 Å². The van der Waals surface area contributed by atoms with Gasteiger partial charge in [0.2, 0.25) is 5.91 Å². The van der Waals surface area contributed by atoms with Gasteiger partial charge < -0.3 is 16.0 Å². The predicted octanol–water partition coefficient (Wildman–Crippen LogP) is 1.42. The monoisotopic (exact) mass is 317 g/mol. The van der Waals surface area contributed by atoms with Gasteiger partial charge in [-0.1, -0.05) is 0 Å². The van der Waals surface area contributed by atoms with Gasteiger partial charge in [0.15, 0.2) is 0 Å². The first kappa shape index (κ1) is 13.9. The Balaban J connectivity index is 1.71. The van der Waals surface area contributed by atoms with Crippen LogP contribution in [0.3, 0.4) is 0 Å². The first-order valence-electron chi connectivity index (χ1n) is 7.83. The molecule has 7 heteroatoms. The fourth-order valence-electron chi connectivity index (χ4n) is 3.21. The van der Waals surface area contributed by atoms with E-state index >= 15 is 0 Å². The molecule has 0 unspecified atom stereocenters. The summed E-state index contributed by atoms with van der Waals surface area (Å²) in [6, 6.07) is -0.196. The molecule has 1 fully saturated rings. The second-order valence-corrected chi connectivity index (χ2v) is 6.90. The fraction of sp³-hybridized carbons (Fsp3) is 0.533. The highest BCUT2D eigenvalue weighted by molar-refractivity contribution is 7.19. The molecule has 2 aromatic rings. The predicted molar refractivity (Wildman–Crippen MR) is 87.1 cm³/mol. The Morgan fingerprint density at radius 1 is 1.27 bits per heavy atom. The van der Waals surface area contributed by atoms with Crippen LogP contribution in [0.5, 0.6) is 0 Å². The van der Waals surface area contributed by atoms with Gasteiger partial charge in [0, 0.05) is 18.0 Å². The van der Waals surface area contributed by atoms with Gasteiger partial charge in [-0.25, -0.2) is 9.97 Å². The number of carbonyl (C=O) groups is 1. The summed E-state index contributed by atoms with van der Waals surface area (Å²) >= 11 is 1.73. The Morgan fingerprint density at radius 2 is 2.23 bits per heavy atom. The average Bonchev–Trinajstić information content (AvgIpc) is 2.81. The van der Waals surface area contributed by atoms with Gasteiger partial charge in [-0.3, -0.25) is 4.79 Å². The zero-order chi connectivity index (χ0) is 14.9. The van der Waals surface area contributed by atoms with Crippen molar-refractivity contribution in [2.24, 2.45) is 0 Å². The first-order valence-corrected chi connectivity index (χ1v) is 8.65. The summed E-state index contributed by atoms with van der Waals surface area (Å²) < 4.78 is 0. The van der Waals surface area contributed by atoms with Crippen LogP contribution in [0.1, 0.15) is 29.7 Å². The quantitative estimate of drug-likeness (QED) is 0.781. The van der Waals surface area contributed by atoms with Crippen LogP contribution < -0.4 is 16.0 Å². The number of fused-ring (bicyclic) bond motifs is 3. The number of anilines is 1. The summed E-state index contributed by atoms with van der Waals surface area (Å²) in [5.74, 6) is 0.890. The molecule has 4 heterocycles. The minimum absolute atomic E-state index is 0.0787. The highest BCUT2D eigenvalue weighted by atomic mass is 32.1. The summed E-state index contributed by atoms with van der Waals surface area (Å²) in [6.07, 6.45) is 5.53. The summed E-state index contributed by atoms with van der Waals surface area (Å²) in [5, 5.41) is 10.8. The molecule has 1 saturated heterocycles. The third kappa shape index (κ3) is 2.44. The summed E-state index contributed by atoms with van der Waals surface area (Å²) in [4.78, 5) is 23.4. The third-order valence-corrected chi connectivity index (χ3v) is 5.49. The molecule has 4 rings (SSSR count). The highest BCUT2D eigenvalue weighted by Gasteiger charge is 2.24. The third-order valence-electron chi connectivity index (χ3n) is 4.35. The topological polar surface area (TPSA) is 78.9 Å². The van der Waals surface area contributed by atoms with Crippen molar-refractivity contribution in [3.63, 3.8) is 0 Å². The Labute approximate surface area is 132 Å². The molecule has 1 amide bonds. The number of hydrogen-bond donors (Lipinski definition) is 3. The van der Waals surface area contributed by atoms with Crippen molar-refractivity contribution in [1.82, 2.24) is 20.6 Å². The minimum Gasteiger partial charge on any atom is -0.358 e. The number of nitrogens with zero attached hydrogens (tertiary/aromatic N) is 2. The van der Waals surface area contributed by atoms with E-state index in [4.69, 9.17) is 0 Å². The SMILES string of the molecule is O=C1NCCCC[C@H]1Nc1ncnc2sc3c(c12)CCNC3. The highest BCUT2D eigenvalue weighted by Crippen LogP contribution is 2.35. The lowest BCUT2D eigenvalue weighted by atomic mass is 10.1. The summed E-state index contributed by atoms with van der Waals surface area (Å²) in [6.45, 7) is 2.66. The summed E-state index contributed by atoms with van der Waals surface area (Å²) in [5.41, 5.74) is 1.34. The second kappa shape index (κ2) is 5.81. The molecule has 0 aromatic carbocycles. The van der Waals surface area contributed by atoms with E-state index in [0.717, 1.165) is 61.4 Å². The maximum atomic E-state index is 12.2. The van der Waals surface area contributed by atoms with E-state index in [2.05, 4.69) is 25.9 Å². The number of thiophene rings is 1. The maximum absolute atomic E-state index is 12.2. The molecule has 1 atom stereocenters. The number of carbonyl (C=O) groups excluding carboxylic acids is 1. The average molecular weight is 317 g/mol. The Kier molecular flexibility index (Phi) is 3.67. The van der Waals surface area contributed by atoms with Crippen LogP contribution in [0.2, 0.25) is 0 Å².